The zero-order valence-corrected chi connectivity index (χ0v) is 13.5. The second-order valence-corrected chi connectivity index (χ2v) is 6.52. The molecule has 0 aliphatic carbocycles. The van der Waals surface area contributed by atoms with Gasteiger partial charge in [0, 0.05) is 21.7 Å². The van der Waals surface area contributed by atoms with E-state index >= 15 is 0 Å². The van der Waals surface area contributed by atoms with Crippen LogP contribution in [0.5, 0.6) is 0 Å². The lowest BCUT2D eigenvalue weighted by molar-refractivity contribution is 0.573. The molecule has 0 bridgehead atoms. The Morgan fingerprint density at radius 1 is 1.19 bits per heavy atom. The maximum absolute atomic E-state index is 13.1. The minimum atomic E-state index is -0.411. The van der Waals surface area contributed by atoms with Crippen molar-refractivity contribution in [3.63, 3.8) is 0 Å². The van der Waals surface area contributed by atoms with E-state index in [9.17, 15) is 4.39 Å². The van der Waals surface area contributed by atoms with E-state index in [4.69, 9.17) is 29.0 Å². The number of halogens is 3. The first kappa shape index (κ1) is 16.6. The highest BCUT2D eigenvalue weighted by Crippen LogP contribution is 2.23. The van der Waals surface area contributed by atoms with Gasteiger partial charge in [-0.25, -0.2) is 4.39 Å². The summed E-state index contributed by atoms with van der Waals surface area (Å²) in [5.74, 6) is 5.94. The van der Waals surface area contributed by atoms with E-state index in [1.165, 1.54) is 6.07 Å². The number of nitrogens with two attached hydrogens (primary N) is 1. The molecule has 0 aliphatic rings. The highest BCUT2D eigenvalue weighted by Gasteiger charge is 2.10. The molecule has 21 heavy (non-hydrogen) atoms. The first-order chi connectivity index (χ1) is 10.1. The third kappa shape index (κ3) is 5.16. The molecule has 0 amide bonds. The quantitative estimate of drug-likeness (QED) is 0.466. The lowest BCUT2D eigenvalue weighted by Gasteiger charge is -2.16. The van der Waals surface area contributed by atoms with Gasteiger partial charge in [-0.3, -0.25) is 11.3 Å². The lowest BCUT2D eigenvalue weighted by Crippen LogP contribution is -2.38. The number of hydrogen-bond donors (Lipinski definition) is 2. The summed E-state index contributed by atoms with van der Waals surface area (Å²) >= 11 is 13.4. The van der Waals surface area contributed by atoms with Gasteiger partial charge in [0.1, 0.15) is 5.82 Å². The van der Waals surface area contributed by atoms with Crippen molar-refractivity contribution in [3.05, 3.63) is 63.9 Å². The van der Waals surface area contributed by atoms with Crippen LogP contribution in [0.1, 0.15) is 5.56 Å². The van der Waals surface area contributed by atoms with Gasteiger partial charge in [0.2, 0.25) is 0 Å². The Morgan fingerprint density at radius 3 is 2.67 bits per heavy atom. The second kappa shape index (κ2) is 8.01. The molecular weight excluding hydrogens is 330 g/mol. The summed E-state index contributed by atoms with van der Waals surface area (Å²) in [5, 5.41) is 0.841. The fourth-order valence-electron chi connectivity index (χ4n) is 1.87. The van der Waals surface area contributed by atoms with Crippen LogP contribution in [0.15, 0.2) is 47.4 Å². The molecule has 112 valence electrons. The minimum Gasteiger partial charge on any atom is -0.271 e. The second-order valence-electron chi connectivity index (χ2n) is 4.58. The average molecular weight is 345 g/mol. The summed E-state index contributed by atoms with van der Waals surface area (Å²) in [6.45, 7) is 0. The third-order valence-corrected chi connectivity index (χ3v) is 4.63. The van der Waals surface area contributed by atoms with Crippen LogP contribution in [-0.2, 0) is 6.42 Å². The first-order valence-electron chi connectivity index (χ1n) is 6.37. The van der Waals surface area contributed by atoms with Crippen LogP contribution < -0.4 is 11.3 Å². The van der Waals surface area contributed by atoms with Crippen molar-refractivity contribution in [3.8, 4) is 0 Å². The predicted molar refractivity (Wildman–Crippen MR) is 88.4 cm³/mol. The number of hydrogen-bond acceptors (Lipinski definition) is 3. The Morgan fingerprint density at radius 2 is 2.00 bits per heavy atom. The van der Waals surface area contributed by atoms with E-state index < -0.39 is 5.82 Å². The number of hydrazine groups is 1. The standard InChI is InChI=1S/C15H15Cl2FN2S/c16-11-2-1-3-13(8-11)21-9-12(20-19)6-10-4-5-15(18)14(17)7-10/h1-5,7-8,12,20H,6,9,19H2. The van der Waals surface area contributed by atoms with Gasteiger partial charge in [-0.05, 0) is 42.3 Å². The normalized spacial score (nSPS) is 12.4. The molecule has 0 saturated heterocycles. The Hall–Kier alpha value is -0.780. The molecule has 0 saturated carbocycles. The Bertz CT molecular complexity index is 610. The van der Waals surface area contributed by atoms with Crippen LogP contribution in [-0.4, -0.2) is 11.8 Å². The van der Waals surface area contributed by atoms with Gasteiger partial charge in [0.25, 0.3) is 0 Å². The van der Waals surface area contributed by atoms with E-state index in [0.717, 1.165) is 16.2 Å². The van der Waals surface area contributed by atoms with Crippen LogP contribution in [0, 0.1) is 5.82 Å². The fraction of sp³-hybridized carbons (Fsp3) is 0.200. The molecule has 0 aliphatic heterocycles. The molecule has 0 fully saturated rings. The predicted octanol–water partition coefficient (Wildman–Crippen LogP) is 4.30. The van der Waals surface area contributed by atoms with E-state index in [1.807, 2.05) is 24.3 Å². The Balaban J connectivity index is 1.95. The fourth-order valence-corrected chi connectivity index (χ4v) is 3.32. The number of nitrogens with one attached hydrogen (secondary N) is 1. The summed E-state index contributed by atoms with van der Waals surface area (Å²) < 4.78 is 13.1. The maximum atomic E-state index is 13.1. The van der Waals surface area contributed by atoms with Crippen molar-refractivity contribution in [2.75, 3.05) is 5.75 Å². The molecule has 1 atom stereocenters. The summed E-state index contributed by atoms with van der Waals surface area (Å²) in [4.78, 5) is 1.08. The SMILES string of the molecule is NNC(CSc1cccc(Cl)c1)Cc1ccc(F)c(Cl)c1. The topological polar surface area (TPSA) is 38.0 Å². The third-order valence-electron chi connectivity index (χ3n) is 2.95. The molecule has 0 spiro atoms. The summed E-state index contributed by atoms with van der Waals surface area (Å²) in [6.07, 6.45) is 0.671. The van der Waals surface area contributed by atoms with E-state index in [-0.39, 0.29) is 11.1 Å². The smallest absolute Gasteiger partial charge is 0.141 e. The molecular formula is C15H15Cl2FN2S. The largest absolute Gasteiger partial charge is 0.271 e. The molecule has 0 heterocycles. The lowest BCUT2D eigenvalue weighted by atomic mass is 10.1. The molecule has 2 aromatic rings. The number of benzene rings is 2. The zero-order chi connectivity index (χ0) is 15.2. The molecule has 3 N–H and O–H groups in total. The van der Waals surface area contributed by atoms with Crippen molar-refractivity contribution >= 4 is 35.0 Å². The van der Waals surface area contributed by atoms with Gasteiger partial charge in [-0.15, -0.1) is 11.8 Å². The van der Waals surface area contributed by atoms with Crippen molar-refractivity contribution < 1.29 is 4.39 Å². The van der Waals surface area contributed by atoms with Crippen LogP contribution >= 0.6 is 35.0 Å². The van der Waals surface area contributed by atoms with Crippen molar-refractivity contribution in [2.24, 2.45) is 5.84 Å². The molecule has 1 unspecified atom stereocenters. The van der Waals surface area contributed by atoms with Gasteiger partial charge in [-0.1, -0.05) is 35.3 Å². The summed E-state index contributed by atoms with van der Waals surface area (Å²) in [7, 11) is 0. The van der Waals surface area contributed by atoms with Crippen LogP contribution in [0.4, 0.5) is 4.39 Å². The van der Waals surface area contributed by atoms with Crippen molar-refractivity contribution in [1.82, 2.24) is 5.43 Å². The number of thioether (sulfide) groups is 1. The molecule has 0 radical (unpaired) electrons. The molecule has 0 aromatic heterocycles. The molecule has 2 aromatic carbocycles. The van der Waals surface area contributed by atoms with E-state index in [2.05, 4.69) is 5.43 Å². The highest BCUT2D eigenvalue weighted by molar-refractivity contribution is 7.99. The van der Waals surface area contributed by atoms with Crippen molar-refractivity contribution in [1.29, 1.82) is 0 Å². The highest BCUT2D eigenvalue weighted by atomic mass is 35.5. The summed E-state index contributed by atoms with van der Waals surface area (Å²) in [5.41, 5.74) is 3.72. The van der Waals surface area contributed by atoms with Crippen molar-refractivity contribution in [2.45, 2.75) is 17.4 Å². The molecule has 2 rings (SSSR count). The zero-order valence-electron chi connectivity index (χ0n) is 11.2. The van der Waals surface area contributed by atoms with Gasteiger partial charge < -0.3 is 0 Å². The van der Waals surface area contributed by atoms with Crippen LogP contribution in [0.2, 0.25) is 10.0 Å². The van der Waals surface area contributed by atoms with E-state index in [1.54, 1.807) is 23.9 Å². The van der Waals surface area contributed by atoms with E-state index in [0.29, 0.717) is 11.4 Å². The van der Waals surface area contributed by atoms with Gasteiger partial charge in [0.15, 0.2) is 0 Å². The first-order valence-corrected chi connectivity index (χ1v) is 8.11. The minimum absolute atomic E-state index is 0.0514. The van der Waals surface area contributed by atoms with Gasteiger partial charge >= 0.3 is 0 Å². The monoisotopic (exact) mass is 344 g/mol. The Kier molecular flexibility index (Phi) is 6.33. The average Bonchev–Trinajstić information content (AvgIpc) is 2.47. The van der Waals surface area contributed by atoms with Crippen LogP contribution in [0.25, 0.3) is 0 Å². The molecule has 6 heteroatoms. The number of rotatable bonds is 6. The summed E-state index contributed by atoms with van der Waals surface area (Å²) in [6, 6.07) is 12.4. The van der Waals surface area contributed by atoms with Crippen LogP contribution in [0.3, 0.4) is 0 Å². The maximum Gasteiger partial charge on any atom is 0.141 e. The van der Waals surface area contributed by atoms with Gasteiger partial charge in [-0.2, -0.15) is 0 Å². The van der Waals surface area contributed by atoms with Gasteiger partial charge in [0.05, 0.1) is 5.02 Å². The Labute approximate surface area is 137 Å². The molecule has 2 nitrogen and oxygen atoms in total.